The van der Waals surface area contributed by atoms with Gasteiger partial charge in [0.15, 0.2) is 0 Å². The quantitative estimate of drug-likeness (QED) is 0.701. The average molecular weight is 322 g/mol. The molecule has 4 nitrogen and oxygen atoms in total. The molecule has 0 heterocycles. The van der Waals surface area contributed by atoms with Gasteiger partial charge < -0.3 is 9.80 Å². The highest BCUT2D eigenvalue weighted by Crippen LogP contribution is 2.08. The highest BCUT2D eigenvalue weighted by atomic mass is 19.1. The van der Waals surface area contributed by atoms with Crippen LogP contribution in [0.3, 0.4) is 0 Å². The van der Waals surface area contributed by atoms with Crippen molar-refractivity contribution in [2.24, 2.45) is 0 Å². The number of rotatable bonds is 9. The summed E-state index contributed by atoms with van der Waals surface area (Å²) in [6.45, 7) is 5.09. The van der Waals surface area contributed by atoms with Crippen LogP contribution < -0.4 is 0 Å². The minimum atomic E-state index is -0.258. The monoisotopic (exact) mass is 322 g/mol. The minimum absolute atomic E-state index is 0.0376. The van der Waals surface area contributed by atoms with Crippen molar-refractivity contribution in [1.82, 2.24) is 9.80 Å². The van der Waals surface area contributed by atoms with E-state index in [-0.39, 0.29) is 17.6 Å². The van der Waals surface area contributed by atoms with Crippen LogP contribution in [0.15, 0.2) is 24.3 Å². The molecule has 0 saturated heterocycles. The van der Waals surface area contributed by atoms with Gasteiger partial charge in [-0.25, -0.2) is 4.39 Å². The molecule has 23 heavy (non-hydrogen) atoms. The summed E-state index contributed by atoms with van der Waals surface area (Å²) in [5.74, 6) is -0.313. The summed E-state index contributed by atoms with van der Waals surface area (Å²) in [7, 11) is 1.79. The van der Waals surface area contributed by atoms with Gasteiger partial charge in [-0.1, -0.05) is 31.5 Å². The predicted molar refractivity (Wildman–Crippen MR) is 89.5 cm³/mol. The third kappa shape index (κ3) is 6.80. The molecule has 128 valence electrons. The Labute approximate surface area is 138 Å². The minimum Gasteiger partial charge on any atom is -0.346 e. The van der Waals surface area contributed by atoms with Gasteiger partial charge in [0.1, 0.15) is 5.82 Å². The Morgan fingerprint density at radius 1 is 1.13 bits per heavy atom. The van der Waals surface area contributed by atoms with Crippen LogP contribution in [0.4, 0.5) is 4.39 Å². The van der Waals surface area contributed by atoms with Crippen LogP contribution in [-0.2, 0) is 16.0 Å². The zero-order valence-electron chi connectivity index (χ0n) is 14.3. The molecule has 1 aromatic rings. The molecule has 0 saturated carbocycles. The van der Waals surface area contributed by atoms with Crippen LogP contribution in [-0.4, -0.2) is 48.3 Å². The van der Waals surface area contributed by atoms with Gasteiger partial charge in [-0.2, -0.15) is 0 Å². The van der Waals surface area contributed by atoms with E-state index >= 15 is 0 Å². The Morgan fingerprint density at radius 3 is 2.43 bits per heavy atom. The van der Waals surface area contributed by atoms with E-state index in [0.717, 1.165) is 19.4 Å². The lowest BCUT2D eigenvalue weighted by Gasteiger charge is -2.23. The molecule has 1 rings (SSSR count). The maximum atomic E-state index is 13.6. The molecule has 0 bridgehead atoms. The molecule has 0 aliphatic rings. The number of nitrogens with zero attached hydrogens (tertiary/aromatic N) is 2. The van der Waals surface area contributed by atoms with Crippen LogP contribution in [0.25, 0.3) is 0 Å². The van der Waals surface area contributed by atoms with Crippen molar-refractivity contribution in [3.8, 4) is 0 Å². The zero-order valence-corrected chi connectivity index (χ0v) is 14.3. The zero-order chi connectivity index (χ0) is 17.2. The summed E-state index contributed by atoms with van der Waals surface area (Å²) in [4.78, 5) is 27.1. The fourth-order valence-electron chi connectivity index (χ4n) is 2.32. The lowest BCUT2D eigenvalue weighted by atomic mass is 10.1. The Hall–Kier alpha value is -1.91. The second-order valence-corrected chi connectivity index (χ2v) is 5.77. The third-order valence-electron chi connectivity index (χ3n) is 3.92. The molecule has 0 unspecified atom stereocenters. The van der Waals surface area contributed by atoms with Crippen LogP contribution >= 0.6 is 0 Å². The second kappa shape index (κ2) is 9.98. The molecular formula is C18H27FN2O2. The van der Waals surface area contributed by atoms with E-state index in [1.54, 1.807) is 35.0 Å². The number of amides is 2. The number of carbonyl (C=O) groups excluding carboxylic acids is 2. The summed E-state index contributed by atoms with van der Waals surface area (Å²) < 4.78 is 13.6. The van der Waals surface area contributed by atoms with Gasteiger partial charge in [0, 0.05) is 40.0 Å². The molecule has 1 aromatic carbocycles. The van der Waals surface area contributed by atoms with E-state index < -0.39 is 0 Å². The van der Waals surface area contributed by atoms with Crippen LogP contribution in [0.1, 0.15) is 38.7 Å². The fraction of sp³-hybridized carbons (Fsp3) is 0.556. The molecule has 0 aliphatic carbocycles. The van der Waals surface area contributed by atoms with Crippen LogP contribution in [0, 0.1) is 5.82 Å². The fourth-order valence-corrected chi connectivity index (χ4v) is 2.32. The number of carbonyl (C=O) groups is 2. The van der Waals surface area contributed by atoms with Gasteiger partial charge in [-0.05, 0) is 24.5 Å². The van der Waals surface area contributed by atoms with Crippen LogP contribution in [0.5, 0.6) is 0 Å². The average Bonchev–Trinajstić information content (AvgIpc) is 2.53. The Bertz CT molecular complexity index is 519. The van der Waals surface area contributed by atoms with Crippen molar-refractivity contribution in [2.75, 3.05) is 26.7 Å². The highest BCUT2D eigenvalue weighted by molar-refractivity contribution is 5.78. The molecule has 5 heteroatoms. The molecule has 0 N–H and O–H groups in total. The van der Waals surface area contributed by atoms with E-state index in [1.807, 2.05) is 0 Å². The van der Waals surface area contributed by atoms with E-state index in [2.05, 4.69) is 6.92 Å². The topological polar surface area (TPSA) is 40.6 Å². The standard InChI is InChI=1S/C18H27FN2O2/c1-4-5-12-20(3)18(23)11-14-21(15(2)22)13-10-16-8-6-7-9-17(16)19/h6-9H,4-5,10-14H2,1-3H3. The molecule has 0 aliphatic heterocycles. The maximum absolute atomic E-state index is 13.6. The van der Waals surface area contributed by atoms with Crippen LogP contribution in [0.2, 0.25) is 0 Å². The Morgan fingerprint density at radius 2 is 1.83 bits per heavy atom. The largest absolute Gasteiger partial charge is 0.346 e. The molecule has 0 fully saturated rings. The van der Waals surface area contributed by atoms with Gasteiger partial charge in [0.25, 0.3) is 0 Å². The number of benzene rings is 1. The maximum Gasteiger partial charge on any atom is 0.224 e. The van der Waals surface area contributed by atoms with Crippen molar-refractivity contribution in [2.45, 2.75) is 39.5 Å². The first-order valence-corrected chi connectivity index (χ1v) is 8.18. The van der Waals surface area contributed by atoms with Crippen molar-refractivity contribution in [1.29, 1.82) is 0 Å². The molecular weight excluding hydrogens is 295 g/mol. The summed E-state index contributed by atoms with van der Waals surface area (Å²) in [5, 5.41) is 0. The molecule has 2 amide bonds. The summed E-state index contributed by atoms with van der Waals surface area (Å²) in [6.07, 6.45) is 2.77. The Kier molecular flexibility index (Phi) is 8.30. The van der Waals surface area contributed by atoms with Gasteiger partial charge in [0.05, 0.1) is 0 Å². The SMILES string of the molecule is CCCCN(C)C(=O)CCN(CCc1ccccc1F)C(C)=O. The lowest BCUT2D eigenvalue weighted by molar-refractivity contribution is -0.132. The molecule has 0 radical (unpaired) electrons. The van der Waals surface area contributed by atoms with Crippen molar-refractivity contribution in [3.63, 3.8) is 0 Å². The lowest BCUT2D eigenvalue weighted by Crippen LogP contribution is -2.36. The van der Waals surface area contributed by atoms with Gasteiger partial charge in [-0.3, -0.25) is 9.59 Å². The first-order valence-electron chi connectivity index (χ1n) is 8.18. The molecule has 0 spiro atoms. The van der Waals surface area contributed by atoms with E-state index in [0.29, 0.717) is 31.5 Å². The molecule has 0 atom stereocenters. The first kappa shape index (κ1) is 19.1. The summed E-state index contributed by atoms with van der Waals surface area (Å²) in [5.41, 5.74) is 0.588. The summed E-state index contributed by atoms with van der Waals surface area (Å²) >= 11 is 0. The van der Waals surface area contributed by atoms with Gasteiger partial charge >= 0.3 is 0 Å². The predicted octanol–water partition coefficient (Wildman–Crippen LogP) is 2.87. The van der Waals surface area contributed by atoms with E-state index in [4.69, 9.17) is 0 Å². The number of unbranched alkanes of at least 4 members (excludes halogenated alkanes) is 1. The highest BCUT2D eigenvalue weighted by Gasteiger charge is 2.14. The second-order valence-electron chi connectivity index (χ2n) is 5.77. The van der Waals surface area contributed by atoms with Crippen molar-refractivity contribution < 1.29 is 14.0 Å². The number of halogens is 1. The van der Waals surface area contributed by atoms with Gasteiger partial charge in [-0.15, -0.1) is 0 Å². The normalized spacial score (nSPS) is 10.4. The van der Waals surface area contributed by atoms with Crippen molar-refractivity contribution >= 4 is 11.8 Å². The van der Waals surface area contributed by atoms with Gasteiger partial charge in [0.2, 0.25) is 11.8 Å². The first-order chi connectivity index (χ1) is 11.0. The molecule has 0 aromatic heterocycles. The van der Waals surface area contributed by atoms with Crippen molar-refractivity contribution in [3.05, 3.63) is 35.6 Å². The summed E-state index contributed by atoms with van der Waals surface area (Å²) in [6, 6.07) is 6.56. The third-order valence-corrected chi connectivity index (χ3v) is 3.92. The number of hydrogen-bond acceptors (Lipinski definition) is 2. The van der Waals surface area contributed by atoms with E-state index in [9.17, 15) is 14.0 Å². The van der Waals surface area contributed by atoms with E-state index in [1.165, 1.54) is 13.0 Å². The Balaban J connectivity index is 2.48. The smallest absolute Gasteiger partial charge is 0.224 e. The number of hydrogen-bond donors (Lipinski definition) is 0.